The molecule has 60 valence electrons. The van der Waals surface area contributed by atoms with Crippen molar-refractivity contribution in [3.05, 3.63) is 0 Å². The van der Waals surface area contributed by atoms with E-state index in [1.165, 1.54) is 0 Å². The molecular weight excluding hydrogens is 138 g/mol. The molecule has 0 amide bonds. The van der Waals surface area contributed by atoms with Crippen LogP contribution >= 0.6 is 0 Å². The summed E-state index contributed by atoms with van der Waals surface area (Å²) in [7, 11) is 0. The number of aliphatic hydroxyl groups excluding tert-OH is 3. The van der Waals surface area contributed by atoms with Gasteiger partial charge in [0.25, 0.3) is 0 Å². The van der Waals surface area contributed by atoms with Crippen LogP contribution in [0.4, 0.5) is 0 Å². The summed E-state index contributed by atoms with van der Waals surface area (Å²) in [6, 6.07) is 0. The minimum Gasteiger partial charge on any atom is -0.389 e. The predicted molar refractivity (Wildman–Crippen MR) is 33.1 cm³/mol. The van der Waals surface area contributed by atoms with Gasteiger partial charge in [-0.25, -0.2) is 0 Å². The molecule has 5 N–H and O–H groups in total. The first kappa shape index (κ1) is 9.51. The zero-order valence-corrected chi connectivity index (χ0v) is 5.34. The lowest BCUT2D eigenvalue weighted by Crippen LogP contribution is -2.42. The first-order valence-electron chi connectivity index (χ1n) is 2.83. The minimum atomic E-state index is -1.56. The molecule has 0 saturated heterocycles. The van der Waals surface area contributed by atoms with Gasteiger partial charge < -0.3 is 25.8 Å². The van der Waals surface area contributed by atoms with Crippen LogP contribution < -0.4 is 5.73 Å². The van der Waals surface area contributed by atoms with Gasteiger partial charge >= 0.3 is 0 Å². The summed E-state index contributed by atoms with van der Waals surface area (Å²) < 4.78 is 0. The van der Waals surface area contributed by atoms with Gasteiger partial charge in [-0.3, -0.25) is 0 Å². The Morgan fingerprint density at radius 1 is 1.40 bits per heavy atom. The zero-order valence-electron chi connectivity index (χ0n) is 5.34. The van der Waals surface area contributed by atoms with Crippen LogP contribution in [0.15, 0.2) is 0 Å². The molecule has 3 atom stereocenters. The van der Waals surface area contributed by atoms with E-state index >= 15 is 0 Å². The smallest absolute Gasteiger partial charge is 0.151 e. The molecule has 0 aliphatic carbocycles. The van der Waals surface area contributed by atoms with E-state index in [0.29, 0.717) is 0 Å². The second-order valence-corrected chi connectivity index (χ2v) is 1.92. The molecule has 0 aromatic rings. The van der Waals surface area contributed by atoms with Crippen molar-refractivity contribution in [3.63, 3.8) is 0 Å². The van der Waals surface area contributed by atoms with Crippen molar-refractivity contribution in [1.29, 1.82) is 0 Å². The van der Waals surface area contributed by atoms with Crippen LogP contribution in [0.1, 0.15) is 0 Å². The fourth-order valence-electron chi connectivity index (χ4n) is 0.448. The van der Waals surface area contributed by atoms with E-state index in [0.717, 1.165) is 0 Å². The summed E-state index contributed by atoms with van der Waals surface area (Å²) in [5.41, 5.74) is 4.93. The van der Waals surface area contributed by atoms with Gasteiger partial charge in [0.1, 0.15) is 12.2 Å². The van der Waals surface area contributed by atoms with Gasteiger partial charge in [0.05, 0.1) is 6.10 Å². The number of rotatable bonds is 4. The fraction of sp³-hybridized carbons (Fsp3) is 0.800. The highest BCUT2D eigenvalue weighted by Gasteiger charge is 2.22. The Labute approximate surface area is 58.1 Å². The molecule has 0 radical (unpaired) electrons. The first-order chi connectivity index (χ1) is 4.63. The molecule has 5 nitrogen and oxygen atoms in total. The Hall–Kier alpha value is -0.490. The number of aliphatic hydroxyl groups is 3. The lowest BCUT2D eigenvalue weighted by molar-refractivity contribution is -0.125. The van der Waals surface area contributed by atoms with E-state index < -0.39 is 18.3 Å². The van der Waals surface area contributed by atoms with E-state index in [9.17, 15) is 4.79 Å². The Bertz CT molecular complexity index is 108. The van der Waals surface area contributed by atoms with Crippen molar-refractivity contribution in [2.24, 2.45) is 5.73 Å². The molecule has 0 bridgehead atoms. The Balaban J connectivity index is 3.80. The summed E-state index contributed by atoms with van der Waals surface area (Å²) in [5.74, 6) is 0. The number of hydrogen-bond donors (Lipinski definition) is 4. The molecule has 0 aromatic carbocycles. The maximum atomic E-state index is 9.80. The number of nitrogens with two attached hydrogens (primary N) is 1. The maximum absolute atomic E-state index is 9.80. The van der Waals surface area contributed by atoms with Gasteiger partial charge in [0.15, 0.2) is 6.29 Å². The van der Waals surface area contributed by atoms with Gasteiger partial charge in [0.2, 0.25) is 0 Å². The molecule has 0 fully saturated rings. The lowest BCUT2D eigenvalue weighted by Gasteiger charge is -2.16. The quantitative estimate of drug-likeness (QED) is 0.324. The van der Waals surface area contributed by atoms with E-state index in [4.69, 9.17) is 21.1 Å². The third kappa shape index (κ3) is 2.40. The second-order valence-electron chi connectivity index (χ2n) is 1.92. The van der Waals surface area contributed by atoms with Crippen molar-refractivity contribution in [2.75, 3.05) is 6.54 Å². The van der Waals surface area contributed by atoms with Crippen LogP contribution in [0.2, 0.25) is 0 Å². The Kier molecular flexibility index (Phi) is 4.13. The summed E-state index contributed by atoms with van der Waals surface area (Å²) >= 11 is 0. The van der Waals surface area contributed by atoms with Gasteiger partial charge in [-0.05, 0) is 0 Å². The van der Waals surface area contributed by atoms with Gasteiger partial charge in [0, 0.05) is 6.54 Å². The topological polar surface area (TPSA) is 104 Å². The third-order valence-electron chi connectivity index (χ3n) is 1.13. The van der Waals surface area contributed by atoms with Crippen molar-refractivity contribution in [3.8, 4) is 0 Å². The summed E-state index contributed by atoms with van der Waals surface area (Å²) in [6.45, 7) is -0.188. The average molecular weight is 149 g/mol. The molecule has 0 aromatic heterocycles. The maximum Gasteiger partial charge on any atom is 0.151 e. The van der Waals surface area contributed by atoms with Crippen molar-refractivity contribution >= 4 is 6.29 Å². The highest BCUT2D eigenvalue weighted by atomic mass is 16.4. The SMILES string of the molecule is NC[C@@H](O)[C@@H](O)[C@H](O)C=O. The molecule has 0 heterocycles. The molecular formula is C5H11NO4. The fourth-order valence-corrected chi connectivity index (χ4v) is 0.448. The van der Waals surface area contributed by atoms with E-state index in [1.807, 2.05) is 0 Å². The van der Waals surface area contributed by atoms with Crippen molar-refractivity contribution < 1.29 is 20.1 Å². The Morgan fingerprint density at radius 3 is 2.20 bits per heavy atom. The lowest BCUT2D eigenvalue weighted by atomic mass is 10.1. The van der Waals surface area contributed by atoms with E-state index in [1.54, 1.807) is 0 Å². The van der Waals surface area contributed by atoms with Crippen LogP contribution in [-0.2, 0) is 4.79 Å². The van der Waals surface area contributed by atoms with Crippen molar-refractivity contribution in [1.82, 2.24) is 0 Å². The van der Waals surface area contributed by atoms with Crippen LogP contribution in [0.25, 0.3) is 0 Å². The highest BCUT2D eigenvalue weighted by molar-refractivity contribution is 5.56. The molecule has 0 rings (SSSR count). The number of carbonyl (C=O) groups is 1. The van der Waals surface area contributed by atoms with Gasteiger partial charge in [-0.2, -0.15) is 0 Å². The predicted octanol–water partition coefficient (Wildman–Crippen LogP) is -2.77. The monoisotopic (exact) mass is 149 g/mol. The number of carbonyl (C=O) groups excluding carboxylic acids is 1. The summed E-state index contributed by atoms with van der Waals surface area (Å²) in [6.07, 6.45) is -4.15. The van der Waals surface area contributed by atoms with Crippen LogP contribution in [0.5, 0.6) is 0 Å². The normalized spacial score (nSPS) is 19.6. The number of hydrogen-bond acceptors (Lipinski definition) is 5. The average Bonchev–Trinajstić information content (AvgIpc) is 2.00. The van der Waals surface area contributed by atoms with Crippen molar-refractivity contribution in [2.45, 2.75) is 18.3 Å². The number of aldehydes is 1. The molecule has 0 unspecified atom stereocenters. The molecule has 0 spiro atoms. The molecule has 0 aliphatic rings. The summed E-state index contributed by atoms with van der Waals surface area (Å²) in [5, 5.41) is 26.1. The van der Waals surface area contributed by atoms with Gasteiger partial charge in [-0.1, -0.05) is 0 Å². The molecule has 0 saturated carbocycles. The third-order valence-corrected chi connectivity index (χ3v) is 1.13. The van der Waals surface area contributed by atoms with Crippen LogP contribution in [0.3, 0.4) is 0 Å². The van der Waals surface area contributed by atoms with Crippen LogP contribution in [0, 0.1) is 0 Å². The highest BCUT2D eigenvalue weighted by Crippen LogP contribution is 1.95. The molecule has 10 heavy (non-hydrogen) atoms. The largest absolute Gasteiger partial charge is 0.389 e. The molecule has 5 heteroatoms. The van der Waals surface area contributed by atoms with E-state index in [-0.39, 0.29) is 12.8 Å². The van der Waals surface area contributed by atoms with Crippen LogP contribution in [-0.4, -0.2) is 46.5 Å². The Morgan fingerprint density at radius 2 is 1.90 bits per heavy atom. The zero-order chi connectivity index (χ0) is 8.15. The first-order valence-corrected chi connectivity index (χ1v) is 2.83. The summed E-state index contributed by atoms with van der Waals surface area (Å²) in [4.78, 5) is 9.80. The van der Waals surface area contributed by atoms with E-state index in [2.05, 4.69) is 0 Å². The van der Waals surface area contributed by atoms with Gasteiger partial charge in [-0.15, -0.1) is 0 Å². The standard InChI is InChI=1S/C5H11NO4/c6-1-3(8)5(10)4(9)2-7/h2-5,8-10H,1,6H2/t3-,4-,5-/m1/s1. The minimum absolute atomic E-state index is 0.142. The second kappa shape index (κ2) is 4.35. The molecule has 0 aliphatic heterocycles.